The summed E-state index contributed by atoms with van der Waals surface area (Å²) in [5.74, 6) is 0.943. The molecule has 5 nitrogen and oxygen atoms in total. The van der Waals surface area contributed by atoms with Crippen molar-refractivity contribution in [2.75, 3.05) is 5.32 Å². The van der Waals surface area contributed by atoms with Crippen LogP contribution in [0, 0.1) is 18.3 Å². The summed E-state index contributed by atoms with van der Waals surface area (Å²) in [7, 11) is 0. The number of aryl methyl sites for hydroxylation is 1. The van der Waals surface area contributed by atoms with Crippen LogP contribution in [-0.4, -0.2) is 26.6 Å². The largest absolute Gasteiger partial charge is 0.573 e. The molecule has 4 rings (SSSR count). The van der Waals surface area contributed by atoms with Gasteiger partial charge in [0.25, 0.3) is 0 Å². The van der Waals surface area contributed by atoms with E-state index >= 15 is 0 Å². The van der Waals surface area contributed by atoms with Crippen LogP contribution in [0.3, 0.4) is 0 Å². The average molecular weight is 504 g/mol. The minimum atomic E-state index is -4.73. The first-order valence-electron chi connectivity index (χ1n) is 12.5. The summed E-state index contributed by atoms with van der Waals surface area (Å²) < 4.78 is 43.9. The zero-order valence-electron chi connectivity index (χ0n) is 21.8. The number of nitrogens with zero attached hydrogens (tertiary/aromatic N) is 2. The van der Waals surface area contributed by atoms with Crippen LogP contribution in [0.2, 0.25) is 0 Å². The first kappa shape index (κ1) is 26.3. The first-order chi connectivity index (χ1) is 16.6. The molecular weight excluding hydrogens is 467 g/mol. The van der Waals surface area contributed by atoms with Crippen LogP contribution >= 0.6 is 0 Å². The number of rotatable bonds is 6. The lowest BCUT2D eigenvalue weighted by Crippen LogP contribution is -2.29. The van der Waals surface area contributed by atoms with E-state index in [9.17, 15) is 18.3 Å². The standard InChI is InChI=1S/C28H36F3N3O2/c1-17-11-21(16-26(3,4)14-17)34-24-12-18(2)19(15-27(5,6)35)13-23(24)33-25(34)32-20-7-9-22(10-8-20)36-28(29,30)31/h7-10,12-13,17,21,35H,11,14-16H2,1-6H3,(H,32,33)/t17-,21+/m1/s1. The number of aliphatic hydroxyl groups is 1. The fraction of sp³-hybridized carbons (Fsp3) is 0.536. The molecule has 2 atom stereocenters. The predicted molar refractivity (Wildman–Crippen MR) is 137 cm³/mol. The number of imidazole rings is 1. The van der Waals surface area contributed by atoms with Gasteiger partial charge in [-0.2, -0.15) is 0 Å². The van der Waals surface area contributed by atoms with Crippen molar-refractivity contribution in [3.8, 4) is 5.75 Å². The smallest absolute Gasteiger partial charge is 0.406 e. The molecule has 3 aromatic rings. The summed E-state index contributed by atoms with van der Waals surface area (Å²) in [6.45, 7) is 12.5. The fourth-order valence-corrected chi connectivity index (χ4v) is 5.76. The lowest BCUT2D eigenvalue weighted by molar-refractivity contribution is -0.274. The molecule has 0 unspecified atom stereocenters. The second kappa shape index (κ2) is 9.29. The van der Waals surface area contributed by atoms with E-state index < -0.39 is 12.0 Å². The van der Waals surface area contributed by atoms with Crippen molar-refractivity contribution in [1.29, 1.82) is 0 Å². The number of halogens is 3. The Morgan fingerprint density at radius 3 is 2.39 bits per heavy atom. The van der Waals surface area contributed by atoms with Crippen molar-refractivity contribution in [2.24, 2.45) is 11.3 Å². The van der Waals surface area contributed by atoms with Crippen molar-refractivity contribution in [3.05, 3.63) is 47.5 Å². The summed E-state index contributed by atoms with van der Waals surface area (Å²) in [6, 6.07) is 10.1. The number of nitrogens with one attached hydrogen (secondary N) is 1. The van der Waals surface area contributed by atoms with E-state index in [0.29, 0.717) is 24.0 Å². The molecule has 0 aliphatic heterocycles. The second-order valence-corrected chi connectivity index (χ2v) is 11.8. The molecule has 0 bridgehead atoms. The fourth-order valence-electron chi connectivity index (χ4n) is 5.76. The molecule has 2 aromatic carbocycles. The number of fused-ring (bicyclic) bond motifs is 1. The van der Waals surface area contributed by atoms with E-state index in [2.05, 4.69) is 48.4 Å². The van der Waals surface area contributed by atoms with Gasteiger partial charge in [0.15, 0.2) is 0 Å². The normalized spacial score (nSPS) is 20.5. The molecule has 0 spiro atoms. The maximum Gasteiger partial charge on any atom is 0.573 e. The Hall–Kier alpha value is -2.74. The lowest BCUT2D eigenvalue weighted by Gasteiger charge is -2.40. The molecule has 0 radical (unpaired) electrons. The van der Waals surface area contributed by atoms with Crippen LogP contribution in [0.1, 0.15) is 71.0 Å². The number of ether oxygens (including phenoxy) is 1. The van der Waals surface area contributed by atoms with Crippen molar-refractivity contribution in [2.45, 2.75) is 85.2 Å². The van der Waals surface area contributed by atoms with Crippen molar-refractivity contribution in [3.63, 3.8) is 0 Å². The monoisotopic (exact) mass is 503 g/mol. The van der Waals surface area contributed by atoms with Gasteiger partial charge < -0.3 is 19.7 Å². The van der Waals surface area contributed by atoms with Gasteiger partial charge in [-0.3, -0.25) is 0 Å². The Bertz CT molecular complexity index is 1220. The number of anilines is 2. The molecule has 1 aliphatic rings. The minimum Gasteiger partial charge on any atom is -0.406 e. The molecule has 8 heteroatoms. The van der Waals surface area contributed by atoms with E-state index in [4.69, 9.17) is 4.98 Å². The molecule has 1 saturated carbocycles. The van der Waals surface area contributed by atoms with Crippen molar-refractivity contribution < 1.29 is 23.0 Å². The third-order valence-electron chi connectivity index (χ3n) is 6.84. The highest BCUT2D eigenvalue weighted by Gasteiger charge is 2.35. The molecule has 0 amide bonds. The maximum atomic E-state index is 12.6. The van der Waals surface area contributed by atoms with E-state index in [1.54, 1.807) is 26.0 Å². The number of benzene rings is 2. The molecule has 0 saturated heterocycles. The first-order valence-corrected chi connectivity index (χ1v) is 12.5. The number of aromatic nitrogens is 2. The summed E-state index contributed by atoms with van der Waals surface area (Å²) in [6.07, 6.45) is -1.04. The molecule has 1 aliphatic carbocycles. The zero-order chi connectivity index (χ0) is 26.5. The van der Waals surface area contributed by atoms with Gasteiger partial charge in [0.2, 0.25) is 5.95 Å². The molecule has 2 N–H and O–H groups in total. The molecule has 36 heavy (non-hydrogen) atoms. The number of hydrogen-bond donors (Lipinski definition) is 2. The third kappa shape index (κ3) is 6.33. The van der Waals surface area contributed by atoms with Gasteiger partial charge in [0.05, 0.1) is 16.6 Å². The maximum absolute atomic E-state index is 12.6. The van der Waals surface area contributed by atoms with E-state index in [-0.39, 0.29) is 17.2 Å². The van der Waals surface area contributed by atoms with Crippen LogP contribution < -0.4 is 10.1 Å². The van der Waals surface area contributed by atoms with Crippen LogP contribution in [0.15, 0.2) is 36.4 Å². The highest BCUT2D eigenvalue weighted by Crippen LogP contribution is 2.46. The van der Waals surface area contributed by atoms with E-state index in [1.165, 1.54) is 12.1 Å². The number of alkyl halides is 3. The minimum absolute atomic E-state index is 0.183. The Kier molecular flexibility index (Phi) is 6.79. The molecule has 196 valence electrons. The van der Waals surface area contributed by atoms with E-state index in [0.717, 1.165) is 41.4 Å². The van der Waals surface area contributed by atoms with Gasteiger partial charge in [-0.1, -0.05) is 20.8 Å². The Morgan fingerprint density at radius 2 is 1.81 bits per heavy atom. The second-order valence-electron chi connectivity index (χ2n) is 11.8. The highest BCUT2D eigenvalue weighted by atomic mass is 19.4. The SMILES string of the molecule is Cc1cc2c(cc1CC(C)(C)O)nc(Nc1ccc(OC(F)(F)F)cc1)n2[C@H]1C[C@@H](C)CC(C)(C)C1. The molecule has 1 aromatic heterocycles. The van der Waals surface area contributed by atoms with Gasteiger partial charge in [-0.25, -0.2) is 4.98 Å². The van der Waals surface area contributed by atoms with Gasteiger partial charge >= 0.3 is 6.36 Å². The summed E-state index contributed by atoms with van der Waals surface area (Å²) in [5, 5.41) is 13.7. The topological polar surface area (TPSA) is 59.3 Å². The Morgan fingerprint density at radius 1 is 1.14 bits per heavy atom. The van der Waals surface area contributed by atoms with Gasteiger partial charge in [-0.05, 0) is 98.9 Å². The van der Waals surface area contributed by atoms with E-state index in [1.807, 2.05) is 6.07 Å². The molecular formula is C28H36F3N3O2. The Labute approximate surface area is 210 Å². The summed E-state index contributed by atoms with van der Waals surface area (Å²) >= 11 is 0. The molecule has 1 heterocycles. The predicted octanol–water partition coefficient (Wildman–Crippen LogP) is 7.69. The van der Waals surface area contributed by atoms with Crippen LogP contribution in [0.25, 0.3) is 11.0 Å². The summed E-state index contributed by atoms with van der Waals surface area (Å²) in [4.78, 5) is 4.93. The van der Waals surface area contributed by atoms with Crippen molar-refractivity contribution in [1.82, 2.24) is 9.55 Å². The lowest BCUT2D eigenvalue weighted by atomic mass is 9.70. The van der Waals surface area contributed by atoms with Crippen LogP contribution in [-0.2, 0) is 6.42 Å². The van der Waals surface area contributed by atoms with Gasteiger partial charge in [-0.15, -0.1) is 13.2 Å². The van der Waals surface area contributed by atoms with Gasteiger partial charge in [0, 0.05) is 18.2 Å². The summed E-state index contributed by atoms with van der Waals surface area (Å²) in [5.41, 5.74) is 3.94. The van der Waals surface area contributed by atoms with Gasteiger partial charge in [0.1, 0.15) is 5.75 Å². The van der Waals surface area contributed by atoms with Crippen LogP contribution in [0.4, 0.5) is 24.8 Å². The van der Waals surface area contributed by atoms with Crippen molar-refractivity contribution >= 4 is 22.7 Å². The number of hydrogen-bond acceptors (Lipinski definition) is 4. The van der Waals surface area contributed by atoms with Crippen LogP contribution in [0.5, 0.6) is 5.75 Å². The highest BCUT2D eigenvalue weighted by molar-refractivity contribution is 5.82. The molecule has 1 fully saturated rings. The average Bonchev–Trinajstić information content (AvgIpc) is 3.02. The quantitative estimate of drug-likeness (QED) is 0.362. The third-order valence-corrected chi connectivity index (χ3v) is 6.84. The Balaban J connectivity index is 1.76. The zero-order valence-corrected chi connectivity index (χ0v) is 21.8.